The monoisotopic (exact) mass is 470 g/mol. The summed E-state index contributed by atoms with van der Waals surface area (Å²) in [6, 6.07) is 9.57. The number of hydrogen-bond donors (Lipinski definition) is 4. The number of benzene rings is 2. The number of aromatic nitrogens is 3. The second-order valence-electron chi connectivity index (χ2n) is 7.63. The Bertz CT molecular complexity index is 1160. The maximum Gasteiger partial charge on any atom is 0.409 e. The zero-order valence-electron chi connectivity index (χ0n) is 18.0. The summed E-state index contributed by atoms with van der Waals surface area (Å²) in [6.45, 7) is 4.66. The minimum atomic E-state index is -1.30. The summed E-state index contributed by atoms with van der Waals surface area (Å²) < 4.78 is 1.50. The summed E-state index contributed by atoms with van der Waals surface area (Å²) in [5.74, 6) is -0.688. The molecule has 1 heterocycles. The van der Waals surface area contributed by atoms with Gasteiger partial charge in [-0.05, 0) is 30.2 Å². The Labute approximate surface area is 194 Å². The molecule has 172 valence electrons. The van der Waals surface area contributed by atoms with Crippen LogP contribution in [-0.2, 0) is 4.79 Å². The molecule has 0 aliphatic carbocycles. The molecule has 0 aliphatic heterocycles. The van der Waals surface area contributed by atoms with Crippen LogP contribution in [0.25, 0.3) is 5.69 Å². The Hall–Kier alpha value is -3.92. The third kappa shape index (κ3) is 6.53. The van der Waals surface area contributed by atoms with Gasteiger partial charge in [0.2, 0.25) is 5.91 Å². The summed E-state index contributed by atoms with van der Waals surface area (Å²) in [5, 5.41) is 25.0. The van der Waals surface area contributed by atoms with Gasteiger partial charge in [-0.3, -0.25) is 14.9 Å². The Morgan fingerprint density at radius 1 is 1.09 bits per heavy atom. The molecular weight excluding hydrogens is 448 g/mol. The minimum absolute atomic E-state index is 0.132. The van der Waals surface area contributed by atoms with Crippen LogP contribution in [0.3, 0.4) is 0 Å². The van der Waals surface area contributed by atoms with Gasteiger partial charge in [-0.2, -0.15) is 0 Å². The zero-order chi connectivity index (χ0) is 24.0. The van der Waals surface area contributed by atoms with Gasteiger partial charge >= 0.3 is 6.09 Å². The molecule has 4 N–H and O–H groups in total. The van der Waals surface area contributed by atoms with Crippen LogP contribution < -0.4 is 16.0 Å². The highest BCUT2D eigenvalue weighted by atomic mass is 35.5. The van der Waals surface area contributed by atoms with Crippen molar-refractivity contribution in [3.8, 4) is 5.69 Å². The van der Waals surface area contributed by atoms with Gasteiger partial charge in [0.15, 0.2) is 5.78 Å². The maximum atomic E-state index is 12.6. The molecule has 11 heteroatoms. The van der Waals surface area contributed by atoms with Gasteiger partial charge in [-0.1, -0.05) is 42.8 Å². The zero-order valence-corrected chi connectivity index (χ0v) is 18.8. The maximum absolute atomic E-state index is 12.6. The molecule has 0 saturated carbocycles. The lowest BCUT2D eigenvalue weighted by Gasteiger charge is -2.16. The first-order valence-electron chi connectivity index (χ1n) is 10.1. The number of carboxylic acid groups (broad SMARTS) is 1. The van der Waals surface area contributed by atoms with Crippen molar-refractivity contribution in [2.75, 3.05) is 22.5 Å². The molecule has 2 amide bonds. The summed E-state index contributed by atoms with van der Waals surface area (Å²) in [6.07, 6.45) is 1.40. The molecule has 0 atom stereocenters. The molecule has 0 radical (unpaired) electrons. The number of carbonyl (C=O) groups excluding carboxylic acids is 2. The van der Waals surface area contributed by atoms with Gasteiger partial charge in [-0.25, -0.2) is 9.48 Å². The summed E-state index contributed by atoms with van der Waals surface area (Å²) in [5.41, 5.74) is 1.75. The molecule has 1 aromatic heterocycles. The SMILES string of the molecule is CC(C)CNc1cc(NC(=O)O)c(NC(=O)CC(=O)c2cccc(-n3ccnn3)c2)cc1Cl. The Kier molecular flexibility index (Phi) is 7.62. The normalized spacial score (nSPS) is 10.7. The fourth-order valence-electron chi connectivity index (χ4n) is 2.95. The van der Waals surface area contributed by atoms with Crippen molar-refractivity contribution in [3.63, 3.8) is 0 Å². The summed E-state index contributed by atoms with van der Waals surface area (Å²) in [7, 11) is 0. The van der Waals surface area contributed by atoms with Crippen LogP contribution in [-0.4, -0.2) is 44.4 Å². The predicted molar refractivity (Wildman–Crippen MR) is 125 cm³/mol. The molecule has 0 bridgehead atoms. The van der Waals surface area contributed by atoms with Crippen LogP contribution in [0.2, 0.25) is 5.02 Å². The van der Waals surface area contributed by atoms with Gasteiger partial charge in [0.25, 0.3) is 0 Å². The van der Waals surface area contributed by atoms with Crippen molar-refractivity contribution in [2.24, 2.45) is 5.92 Å². The van der Waals surface area contributed by atoms with E-state index in [-0.39, 0.29) is 11.4 Å². The van der Waals surface area contributed by atoms with E-state index in [1.165, 1.54) is 23.0 Å². The smallest absolute Gasteiger partial charge is 0.409 e. The quantitative estimate of drug-likeness (QED) is 0.270. The van der Waals surface area contributed by atoms with Crippen molar-refractivity contribution in [1.29, 1.82) is 0 Å². The first-order chi connectivity index (χ1) is 15.7. The van der Waals surface area contributed by atoms with Crippen LogP contribution in [0.1, 0.15) is 30.6 Å². The van der Waals surface area contributed by atoms with Crippen LogP contribution in [0.4, 0.5) is 21.9 Å². The highest BCUT2D eigenvalue weighted by molar-refractivity contribution is 6.34. The van der Waals surface area contributed by atoms with E-state index >= 15 is 0 Å². The Morgan fingerprint density at radius 2 is 1.85 bits per heavy atom. The van der Waals surface area contributed by atoms with Crippen molar-refractivity contribution in [2.45, 2.75) is 20.3 Å². The lowest BCUT2D eigenvalue weighted by Crippen LogP contribution is -2.19. The van der Waals surface area contributed by atoms with Gasteiger partial charge in [0.1, 0.15) is 0 Å². The van der Waals surface area contributed by atoms with E-state index in [0.29, 0.717) is 34.4 Å². The number of rotatable bonds is 9. The number of hydrogen-bond acceptors (Lipinski definition) is 6. The first kappa shape index (κ1) is 23.7. The third-order valence-electron chi connectivity index (χ3n) is 4.50. The standard InChI is InChI=1S/C22H23ClN6O4/c1-13(2)12-24-17-10-19(27-22(32)33)18(9-16(17)23)26-21(31)11-20(30)14-4-3-5-15(8-14)29-7-6-25-28-29/h3-10,13,24,27H,11-12H2,1-2H3,(H,26,31)(H,32,33). The third-order valence-corrected chi connectivity index (χ3v) is 4.81. The van der Waals surface area contributed by atoms with E-state index in [9.17, 15) is 14.4 Å². The molecule has 0 fully saturated rings. The van der Waals surface area contributed by atoms with Gasteiger partial charge < -0.3 is 15.7 Å². The van der Waals surface area contributed by atoms with Crippen molar-refractivity contribution in [3.05, 3.63) is 59.4 Å². The molecular formula is C22H23ClN6O4. The first-order valence-corrected chi connectivity index (χ1v) is 10.5. The number of nitrogens with one attached hydrogen (secondary N) is 3. The summed E-state index contributed by atoms with van der Waals surface area (Å²) in [4.78, 5) is 36.4. The summed E-state index contributed by atoms with van der Waals surface area (Å²) >= 11 is 6.30. The second-order valence-corrected chi connectivity index (χ2v) is 8.04. The van der Waals surface area contributed by atoms with Gasteiger partial charge in [0.05, 0.1) is 46.6 Å². The fraction of sp³-hybridized carbons (Fsp3) is 0.227. The van der Waals surface area contributed by atoms with Crippen LogP contribution >= 0.6 is 11.6 Å². The molecule has 0 spiro atoms. The molecule has 2 aromatic carbocycles. The highest BCUT2D eigenvalue weighted by Gasteiger charge is 2.17. The molecule has 3 rings (SSSR count). The lowest BCUT2D eigenvalue weighted by molar-refractivity contribution is -0.115. The average Bonchev–Trinajstić information content (AvgIpc) is 3.29. The largest absolute Gasteiger partial charge is 0.465 e. The van der Waals surface area contributed by atoms with E-state index in [2.05, 4.69) is 26.3 Å². The number of ketones is 1. The van der Waals surface area contributed by atoms with Crippen molar-refractivity contribution < 1.29 is 19.5 Å². The topological polar surface area (TPSA) is 138 Å². The van der Waals surface area contributed by atoms with Crippen LogP contribution in [0.5, 0.6) is 0 Å². The fourth-order valence-corrected chi connectivity index (χ4v) is 3.19. The Morgan fingerprint density at radius 3 is 2.52 bits per heavy atom. The molecule has 0 aliphatic rings. The number of halogens is 1. The number of amides is 2. The highest BCUT2D eigenvalue weighted by Crippen LogP contribution is 2.33. The number of nitrogens with zero attached hydrogens (tertiary/aromatic N) is 3. The molecule has 33 heavy (non-hydrogen) atoms. The average molecular weight is 471 g/mol. The molecule has 0 unspecified atom stereocenters. The molecule has 0 saturated heterocycles. The van der Waals surface area contributed by atoms with Gasteiger partial charge in [0, 0.05) is 12.1 Å². The number of anilines is 3. The van der Waals surface area contributed by atoms with Gasteiger partial charge in [-0.15, -0.1) is 5.10 Å². The van der Waals surface area contributed by atoms with E-state index in [4.69, 9.17) is 16.7 Å². The van der Waals surface area contributed by atoms with Crippen molar-refractivity contribution in [1.82, 2.24) is 15.0 Å². The number of carbonyl (C=O) groups is 3. The molecule has 10 nitrogen and oxygen atoms in total. The van der Waals surface area contributed by atoms with E-state index < -0.39 is 24.2 Å². The van der Waals surface area contributed by atoms with E-state index in [1.54, 1.807) is 30.5 Å². The lowest BCUT2D eigenvalue weighted by atomic mass is 10.1. The second kappa shape index (κ2) is 10.6. The Balaban J connectivity index is 1.75. The van der Waals surface area contributed by atoms with Crippen LogP contribution in [0, 0.1) is 5.92 Å². The van der Waals surface area contributed by atoms with Crippen LogP contribution in [0.15, 0.2) is 48.8 Å². The predicted octanol–water partition coefficient (Wildman–Crippen LogP) is 4.29. The number of Topliss-reactive ketones (excluding diaryl/α,β-unsaturated/α-hetero) is 1. The van der Waals surface area contributed by atoms with Crippen molar-refractivity contribution >= 4 is 46.4 Å². The molecule has 3 aromatic rings. The van der Waals surface area contributed by atoms with E-state index in [1.807, 2.05) is 13.8 Å². The minimum Gasteiger partial charge on any atom is -0.465 e. The van der Waals surface area contributed by atoms with E-state index in [0.717, 1.165) is 0 Å².